The Labute approximate surface area is 110 Å². The van der Waals surface area contributed by atoms with Crippen molar-refractivity contribution in [2.75, 3.05) is 6.61 Å². The van der Waals surface area contributed by atoms with Crippen molar-refractivity contribution >= 4 is 5.82 Å². The molecule has 4 N–H and O–H groups in total. The number of nitrogens with two attached hydrogens (primary N) is 1. The molecule has 1 aliphatic heterocycles. The van der Waals surface area contributed by atoms with E-state index in [2.05, 4.69) is 15.3 Å². The van der Waals surface area contributed by atoms with Gasteiger partial charge in [-0.2, -0.15) is 13.8 Å². The van der Waals surface area contributed by atoms with Crippen LogP contribution in [0.3, 0.4) is 0 Å². The van der Waals surface area contributed by atoms with Crippen molar-refractivity contribution in [3.8, 4) is 0 Å². The van der Waals surface area contributed by atoms with Gasteiger partial charge in [-0.3, -0.25) is 4.57 Å². The molecule has 2 heterocycles. The topological polar surface area (TPSA) is 135 Å². The van der Waals surface area contributed by atoms with Crippen LogP contribution in [0, 0.1) is 0 Å². The monoisotopic (exact) mass is 291 g/mol. The predicted molar refractivity (Wildman–Crippen MR) is 59.2 cm³/mol. The third-order valence-electron chi connectivity index (χ3n) is 2.79. The molecule has 1 aromatic rings. The van der Waals surface area contributed by atoms with Gasteiger partial charge in [0, 0.05) is 12.3 Å². The first-order valence-electron chi connectivity index (χ1n) is 5.44. The van der Waals surface area contributed by atoms with Crippen molar-refractivity contribution in [3.63, 3.8) is 0 Å². The third kappa shape index (κ3) is 2.26. The van der Waals surface area contributed by atoms with E-state index in [1.165, 1.54) is 0 Å². The Kier molecular flexibility index (Phi) is 3.74. The van der Waals surface area contributed by atoms with Gasteiger partial charge in [-0.15, -0.1) is 5.11 Å². The molecule has 1 saturated heterocycles. The van der Waals surface area contributed by atoms with Gasteiger partial charge in [0.1, 0.15) is 6.10 Å². The van der Waals surface area contributed by atoms with Crippen molar-refractivity contribution in [3.05, 3.63) is 22.7 Å². The van der Waals surface area contributed by atoms with E-state index in [1.54, 1.807) is 0 Å². The predicted octanol–water partition coefficient (Wildman–Crippen LogP) is -0.913. The van der Waals surface area contributed by atoms with Crippen LogP contribution in [0.15, 0.2) is 27.4 Å². The van der Waals surface area contributed by atoms with E-state index < -0.39 is 36.7 Å². The molecule has 0 bridgehead atoms. The lowest BCUT2D eigenvalue weighted by molar-refractivity contribution is -0.140. The van der Waals surface area contributed by atoms with Crippen LogP contribution in [0.2, 0.25) is 0 Å². The molecule has 0 aliphatic carbocycles. The highest BCUT2D eigenvalue weighted by Gasteiger charge is 2.59. The number of aromatic nitrogens is 2. The summed E-state index contributed by atoms with van der Waals surface area (Å²) in [6.45, 7) is -0.811. The minimum Gasteiger partial charge on any atom is -0.394 e. The summed E-state index contributed by atoms with van der Waals surface area (Å²) in [5, 5.41) is 24.4. The Hall–Kier alpha value is -1.98. The standard InChI is InChI=1S/C9H11F2N5O4/c10-9(11)6(18)4(3-17)20-7(9)16-2-1-5(14-15-12)13-8(16)19/h1-2,4,6-7,17-18H,3H2,(H2,12,13,14,19)/t4-,6-,7-/m1/s1. The maximum absolute atomic E-state index is 13.8. The molecule has 1 aromatic heterocycles. The van der Waals surface area contributed by atoms with Gasteiger partial charge in [-0.25, -0.2) is 4.79 Å². The zero-order valence-electron chi connectivity index (χ0n) is 9.93. The van der Waals surface area contributed by atoms with Gasteiger partial charge in [0.15, 0.2) is 11.9 Å². The second-order valence-electron chi connectivity index (χ2n) is 4.02. The van der Waals surface area contributed by atoms with Crippen LogP contribution in [0.5, 0.6) is 0 Å². The Bertz CT molecular complexity index is 578. The van der Waals surface area contributed by atoms with Gasteiger partial charge in [0.25, 0.3) is 0 Å². The van der Waals surface area contributed by atoms with Gasteiger partial charge < -0.3 is 20.8 Å². The summed E-state index contributed by atoms with van der Waals surface area (Å²) in [7, 11) is 0. The maximum atomic E-state index is 13.8. The highest BCUT2D eigenvalue weighted by Crippen LogP contribution is 2.41. The Morgan fingerprint density at radius 2 is 2.30 bits per heavy atom. The second kappa shape index (κ2) is 5.19. The minimum absolute atomic E-state index is 0.158. The Balaban J connectivity index is 2.39. The summed E-state index contributed by atoms with van der Waals surface area (Å²) in [5.41, 5.74) is -1.08. The van der Waals surface area contributed by atoms with E-state index in [-0.39, 0.29) is 5.82 Å². The van der Waals surface area contributed by atoms with E-state index in [0.29, 0.717) is 4.57 Å². The summed E-state index contributed by atoms with van der Waals surface area (Å²) in [5.74, 6) is 0.860. The Morgan fingerprint density at radius 3 is 2.80 bits per heavy atom. The summed E-state index contributed by atoms with van der Waals surface area (Å²) in [4.78, 5) is 15.0. The molecule has 0 amide bonds. The number of aliphatic hydroxyl groups is 2. The smallest absolute Gasteiger partial charge is 0.351 e. The third-order valence-corrected chi connectivity index (χ3v) is 2.79. The van der Waals surface area contributed by atoms with Gasteiger partial charge in [-0.05, 0) is 0 Å². The molecule has 1 fully saturated rings. The normalized spacial score (nSPS) is 29.1. The molecule has 11 heteroatoms. The summed E-state index contributed by atoms with van der Waals surface area (Å²) < 4.78 is 32.9. The largest absolute Gasteiger partial charge is 0.394 e. The quantitative estimate of drug-likeness (QED) is 0.374. The number of nitrogens with zero attached hydrogens (tertiary/aromatic N) is 4. The molecular formula is C9H11F2N5O4. The molecule has 20 heavy (non-hydrogen) atoms. The average Bonchev–Trinajstić information content (AvgIpc) is 2.62. The molecule has 0 unspecified atom stereocenters. The molecule has 1 aliphatic rings. The minimum atomic E-state index is -3.75. The van der Waals surface area contributed by atoms with E-state index >= 15 is 0 Å². The SMILES string of the molecule is NN=Nc1ccn([C@@H]2O[C@H](CO)[C@@H](O)C2(F)F)c(=O)n1. The molecule has 3 atom stereocenters. The number of aliphatic hydroxyl groups excluding tert-OH is 2. The molecule has 0 aromatic carbocycles. The number of ether oxygens (including phenoxy) is 1. The van der Waals surface area contributed by atoms with Gasteiger partial charge >= 0.3 is 11.6 Å². The molecule has 0 spiro atoms. The van der Waals surface area contributed by atoms with E-state index in [4.69, 9.17) is 15.7 Å². The van der Waals surface area contributed by atoms with Crippen molar-refractivity contribution in [2.45, 2.75) is 24.4 Å². The van der Waals surface area contributed by atoms with Crippen LogP contribution in [0.25, 0.3) is 0 Å². The fraction of sp³-hybridized carbons (Fsp3) is 0.556. The Morgan fingerprint density at radius 1 is 1.60 bits per heavy atom. The number of hydrogen-bond acceptors (Lipinski definition) is 7. The molecule has 0 saturated carbocycles. The first kappa shape index (κ1) is 14.4. The molecule has 110 valence electrons. The number of rotatable bonds is 3. The van der Waals surface area contributed by atoms with E-state index in [1.807, 2.05) is 0 Å². The van der Waals surface area contributed by atoms with Crippen molar-refractivity contribution in [1.82, 2.24) is 9.55 Å². The highest BCUT2D eigenvalue weighted by molar-refractivity contribution is 5.22. The molecule has 2 rings (SSSR count). The van der Waals surface area contributed by atoms with E-state index in [0.717, 1.165) is 12.3 Å². The van der Waals surface area contributed by atoms with Crippen molar-refractivity contribution < 1.29 is 23.7 Å². The molecular weight excluding hydrogens is 280 g/mol. The summed E-state index contributed by atoms with van der Waals surface area (Å²) >= 11 is 0. The fourth-order valence-corrected chi connectivity index (χ4v) is 1.82. The first-order chi connectivity index (χ1) is 9.41. The molecule has 0 radical (unpaired) electrons. The molecule has 9 nitrogen and oxygen atoms in total. The van der Waals surface area contributed by atoms with Crippen LogP contribution < -0.4 is 11.5 Å². The highest BCUT2D eigenvalue weighted by atomic mass is 19.3. The zero-order valence-corrected chi connectivity index (χ0v) is 9.93. The number of hydrogen-bond donors (Lipinski definition) is 3. The fourth-order valence-electron chi connectivity index (χ4n) is 1.82. The van der Waals surface area contributed by atoms with Crippen LogP contribution in [-0.4, -0.2) is 44.5 Å². The van der Waals surface area contributed by atoms with Crippen molar-refractivity contribution in [2.24, 2.45) is 16.2 Å². The van der Waals surface area contributed by atoms with E-state index in [9.17, 15) is 18.7 Å². The van der Waals surface area contributed by atoms with Crippen LogP contribution in [0.1, 0.15) is 6.23 Å². The van der Waals surface area contributed by atoms with Gasteiger partial charge in [-0.1, -0.05) is 5.22 Å². The maximum Gasteiger partial charge on any atom is 0.351 e. The van der Waals surface area contributed by atoms with Crippen LogP contribution in [-0.2, 0) is 4.74 Å². The van der Waals surface area contributed by atoms with Crippen LogP contribution in [0.4, 0.5) is 14.6 Å². The summed E-state index contributed by atoms with van der Waals surface area (Å²) in [6.07, 6.45) is -4.83. The first-order valence-corrected chi connectivity index (χ1v) is 5.44. The van der Waals surface area contributed by atoms with Crippen LogP contribution >= 0.6 is 0 Å². The number of halogens is 2. The number of alkyl halides is 2. The van der Waals surface area contributed by atoms with Gasteiger partial charge in [0.2, 0.25) is 6.23 Å². The summed E-state index contributed by atoms with van der Waals surface area (Å²) in [6, 6.07) is 1.12. The van der Waals surface area contributed by atoms with Crippen molar-refractivity contribution in [1.29, 1.82) is 0 Å². The average molecular weight is 291 g/mol. The lowest BCUT2D eigenvalue weighted by atomic mass is 10.1. The lowest BCUT2D eigenvalue weighted by Crippen LogP contribution is -2.41. The lowest BCUT2D eigenvalue weighted by Gasteiger charge is -2.20. The second-order valence-corrected chi connectivity index (χ2v) is 4.02. The zero-order chi connectivity index (χ0) is 14.9. The van der Waals surface area contributed by atoms with Gasteiger partial charge in [0.05, 0.1) is 6.61 Å².